The van der Waals surface area contributed by atoms with Gasteiger partial charge in [0.25, 0.3) is 0 Å². The van der Waals surface area contributed by atoms with Gasteiger partial charge < -0.3 is 9.30 Å². The van der Waals surface area contributed by atoms with Gasteiger partial charge in [0, 0.05) is 25.7 Å². The summed E-state index contributed by atoms with van der Waals surface area (Å²) in [5.74, 6) is 1.03. The molecule has 1 saturated heterocycles. The number of nitrogens with zero attached hydrogens (tertiary/aromatic N) is 4. The summed E-state index contributed by atoms with van der Waals surface area (Å²) in [5, 5.41) is 0. The number of rotatable bonds is 7. The van der Waals surface area contributed by atoms with Gasteiger partial charge in [0.15, 0.2) is 0 Å². The van der Waals surface area contributed by atoms with Crippen LogP contribution in [0.2, 0.25) is 0 Å². The van der Waals surface area contributed by atoms with Crippen molar-refractivity contribution in [2.24, 2.45) is 0 Å². The van der Waals surface area contributed by atoms with E-state index in [1.54, 1.807) is 12.1 Å². The molecule has 1 aromatic carbocycles. The summed E-state index contributed by atoms with van der Waals surface area (Å²) in [6.45, 7) is 5.56. The molecule has 0 N–H and O–H groups in total. The fourth-order valence-corrected chi connectivity index (χ4v) is 6.33. The summed E-state index contributed by atoms with van der Waals surface area (Å²) in [6, 6.07) is 6.02. The second kappa shape index (κ2) is 9.98. The minimum absolute atomic E-state index is 0.326. The van der Waals surface area contributed by atoms with Gasteiger partial charge in [-0.15, -0.1) is 0 Å². The van der Waals surface area contributed by atoms with Crippen molar-refractivity contribution in [2.45, 2.75) is 75.9 Å². The predicted octanol–water partition coefficient (Wildman–Crippen LogP) is 3.62. The van der Waals surface area contributed by atoms with E-state index >= 15 is 0 Å². The Balaban J connectivity index is 1.62. The molecule has 0 amide bonds. The molecule has 1 saturated carbocycles. The molecule has 1 aromatic heterocycles. The van der Waals surface area contributed by atoms with Crippen LogP contribution in [-0.4, -0.2) is 66.6 Å². The number of aromatic nitrogens is 2. The third kappa shape index (κ3) is 4.97. The Labute approximate surface area is 186 Å². The molecule has 2 heterocycles. The lowest BCUT2D eigenvalue weighted by atomic mass is 10.1. The summed E-state index contributed by atoms with van der Waals surface area (Å²) in [5.41, 5.74) is 1.79. The molecule has 0 unspecified atom stereocenters. The molecule has 172 valence electrons. The second-order valence-electron chi connectivity index (χ2n) is 8.91. The lowest BCUT2D eigenvalue weighted by molar-refractivity contribution is 0.0730. The molecule has 0 radical (unpaired) electrons. The largest absolute Gasteiger partial charge is 0.379 e. The average Bonchev–Trinajstić information content (AvgIpc) is 2.95. The van der Waals surface area contributed by atoms with Crippen molar-refractivity contribution in [2.75, 3.05) is 33.4 Å². The van der Waals surface area contributed by atoms with Crippen molar-refractivity contribution in [3.63, 3.8) is 0 Å². The smallest absolute Gasteiger partial charge is 0.243 e. The highest BCUT2D eigenvalue weighted by Gasteiger charge is 2.27. The third-order valence-electron chi connectivity index (χ3n) is 6.69. The summed E-state index contributed by atoms with van der Waals surface area (Å²) >= 11 is 0. The first-order chi connectivity index (χ1) is 15.0. The Bertz CT molecular complexity index is 974. The van der Waals surface area contributed by atoms with Crippen molar-refractivity contribution in [3.05, 3.63) is 24.0 Å². The minimum atomic E-state index is -3.52. The summed E-state index contributed by atoms with van der Waals surface area (Å²) in [6.07, 6.45) is 8.84. The fraction of sp³-hybridized carbons (Fsp3) is 0.696. The number of fused-ring (bicyclic) bond motifs is 1. The molecule has 2 aliphatic rings. The molecule has 8 heteroatoms. The van der Waals surface area contributed by atoms with Crippen LogP contribution in [0.25, 0.3) is 11.0 Å². The Morgan fingerprint density at radius 2 is 1.84 bits per heavy atom. The second-order valence-corrected chi connectivity index (χ2v) is 10.8. The average molecular weight is 449 g/mol. The van der Waals surface area contributed by atoms with E-state index in [1.807, 2.05) is 6.07 Å². The lowest BCUT2D eigenvalue weighted by Gasteiger charge is -2.27. The van der Waals surface area contributed by atoms with Crippen LogP contribution in [0.5, 0.6) is 0 Å². The monoisotopic (exact) mass is 448 g/mol. The summed E-state index contributed by atoms with van der Waals surface area (Å²) in [4.78, 5) is 7.70. The van der Waals surface area contributed by atoms with Gasteiger partial charge in [-0.2, -0.15) is 4.31 Å². The zero-order valence-corrected chi connectivity index (χ0v) is 19.7. The van der Waals surface area contributed by atoms with Crippen molar-refractivity contribution < 1.29 is 13.2 Å². The van der Waals surface area contributed by atoms with E-state index in [4.69, 9.17) is 9.72 Å². The quantitative estimate of drug-likeness (QED) is 0.605. The molecule has 2 aromatic rings. The Morgan fingerprint density at radius 3 is 2.52 bits per heavy atom. The molecule has 1 aliphatic heterocycles. The maximum Gasteiger partial charge on any atom is 0.243 e. The zero-order valence-electron chi connectivity index (χ0n) is 18.9. The van der Waals surface area contributed by atoms with Crippen molar-refractivity contribution in [3.8, 4) is 0 Å². The third-order valence-corrected chi connectivity index (χ3v) is 8.59. The number of imidazole rings is 1. The molecule has 4 rings (SSSR count). The number of benzene rings is 1. The Kier molecular flexibility index (Phi) is 7.31. The highest BCUT2D eigenvalue weighted by atomic mass is 32.2. The number of hydrogen-bond donors (Lipinski definition) is 0. The number of aryl methyl sites for hydroxylation is 1. The number of morpholine rings is 1. The van der Waals surface area contributed by atoms with E-state index in [1.165, 1.54) is 42.8 Å². The van der Waals surface area contributed by atoms with Gasteiger partial charge in [0.2, 0.25) is 10.0 Å². The number of sulfonamides is 1. The van der Waals surface area contributed by atoms with Gasteiger partial charge in [-0.3, -0.25) is 4.90 Å². The van der Waals surface area contributed by atoms with Crippen LogP contribution in [0.15, 0.2) is 23.1 Å². The van der Waals surface area contributed by atoms with Gasteiger partial charge in [0.1, 0.15) is 5.82 Å². The minimum Gasteiger partial charge on any atom is -0.379 e. The maximum absolute atomic E-state index is 13.1. The van der Waals surface area contributed by atoms with E-state index in [-0.39, 0.29) is 0 Å². The number of ether oxygens (including phenoxy) is 1. The van der Waals surface area contributed by atoms with E-state index in [2.05, 4.69) is 23.4 Å². The van der Waals surface area contributed by atoms with Crippen LogP contribution in [0.4, 0.5) is 0 Å². The SMILES string of the molecule is CCCn1c(CN(C)C2CCCCCC2)nc2cc(S(=O)(=O)N3CCOCC3)ccc21. The molecule has 1 aliphatic carbocycles. The fourth-order valence-electron chi connectivity index (χ4n) is 4.90. The standard InChI is InChI=1S/C23H36N4O3S/c1-3-12-27-22-11-10-20(31(28,29)26-13-15-30-16-14-26)17-21(22)24-23(27)18-25(2)19-8-6-4-5-7-9-19/h10-11,17,19H,3-9,12-16,18H2,1-2H3. The first-order valence-electron chi connectivity index (χ1n) is 11.8. The van der Waals surface area contributed by atoms with E-state index < -0.39 is 10.0 Å². The molecular weight excluding hydrogens is 412 g/mol. The van der Waals surface area contributed by atoms with Crippen LogP contribution in [0.3, 0.4) is 0 Å². The summed E-state index contributed by atoms with van der Waals surface area (Å²) in [7, 11) is -1.31. The van der Waals surface area contributed by atoms with Gasteiger partial charge in [-0.05, 0) is 44.5 Å². The van der Waals surface area contributed by atoms with Gasteiger partial charge in [-0.25, -0.2) is 13.4 Å². The Morgan fingerprint density at radius 1 is 1.13 bits per heavy atom. The molecule has 2 fully saturated rings. The molecule has 0 spiro atoms. The maximum atomic E-state index is 13.1. The number of hydrogen-bond acceptors (Lipinski definition) is 5. The van der Waals surface area contributed by atoms with Gasteiger partial charge >= 0.3 is 0 Å². The van der Waals surface area contributed by atoms with Crippen molar-refractivity contribution in [1.82, 2.24) is 18.8 Å². The van der Waals surface area contributed by atoms with E-state index in [0.717, 1.165) is 36.4 Å². The molecule has 0 bridgehead atoms. The highest BCUT2D eigenvalue weighted by Crippen LogP contribution is 2.26. The first kappa shape index (κ1) is 22.7. The van der Waals surface area contributed by atoms with E-state index in [9.17, 15) is 8.42 Å². The van der Waals surface area contributed by atoms with Crippen LogP contribution in [0.1, 0.15) is 57.7 Å². The molecule has 0 atom stereocenters. The highest BCUT2D eigenvalue weighted by molar-refractivity contribution is 7.89. The first-order valence-corrected chi connectivity index (χ1v) is 13.2. The van der Waals surface area contributed by atoms with Gasteiger partial charge in [-0.1, -0.05) is 32.6 Å². The Hall–Kier alpha value is -1.48. The van der Waals surface area contributed by atoms with Crippen LogP contribution >= 0.6 is 0 Å². The lowest BCUT2D eigenvalue weighted by Crippen LogP contribution is -2.40. The van der Waals surface area contributed by atoms with Crippen LogP contribution in [-0.2, 0) is 27.8 Å². The predicted molar refractivity (Wildman–Crippen MR) is 123 cm³/mol. The molecule has 7 nitrogen and oxygen atoms in total. The molecular formula is C23H36N4O3S. The zero-order chi connectivity index (χ0) is 21.8. The van der Waals surface area contributed by atoms with Crippen LogP contribution < -0.4 is 0 Å². The summed E-state index contributed by atoms with van der Waals surface area (Å²) < 4.78 is 35.3. The van der Waals surface area contributed by atoms with Gasteiger partial charge in [0.05, 0.1) is 35.7 Å². The topological polar surface area (TPSA) is 67.7 Å². The van der Waals surface area contributed by atoms with Crippen LogP contribution in [0, 0.1) is 0 Å². The van der Waals surface area contributed by atoms with Crippen molar-refractivity contribution >= 4 is 21.1 Å². The van der Waals surface area contributed by atoms with E-state index in [0.29, 0.717) is 37.2 Å². The normalized spacial score (nSPS) is 19.8. The van der Waals surface area contributed by atoms with Crippen molar-refractivity contribution in [1.29, 1.82) is 0 Å². The molecule has 31 heavy (non-hydrogen) atoms.